The Kier molecular flexibility index (Phi) is 8.86. The number of rotatable bonds is 8. The first kappa shape index (κ1) is 29.2. The summed E-state index contributed by atoms with van der Waals surface area (Å²) in [6.45, 7) is 5.43. The lowest BCUT2D eigenvalue weighted by molar-refractivity contribution is -0.141. The molecule has 0 unspecified atom stereocenters. The van der Waals surface area contributed by atoms with Crippen LogP contribution in [0.2, 0.25) is 0 Å². The predicted octanol–water partition coefficient (Wildman–Crippen LogP) is 4.10. The van der Waals surface area contributed by atoms with E-state index in [1.165, 1.54) is 11.8 Å². The summed E-state index contributed by atoms with van der Waals surface area (Å²) in [7, 11) is 3.15. The zero-order valence-corrected chi connectivity index (χ0v) is 25.0. The number of piperazine rings is 1. The Hall–Kier alpha value is -4.25. The van der Waals surface area contributed by atoms with Crippen molar-refractivity contribution in [1.29, 1.82) is 0 Å². The summed E-state index contributed by atoms with van der Waals surface area (Å²) in [6, 6.07) is 14.3. The molecule has 0 spiro atoms. The van der Waals surface area contributed by atoms with Gasteiger partial charge in [0.1, 0.15) is 18.1 Å². The van der Waals surface area contributed by atoms with E-state index >= 15 is 0 Å². The summed E-state index contributed by atoms with van der Waals surface area (Å²) >= 11 is 1.41. The number of amidine groups is 1. The van der Waals surface area contributed by atoms with E-state index in [9.17, 15) is 14.4 Å². The van der Waals surface area contributed by atoms with E-state index in [2.05, 4.69) is 0 Å². The molecule has 2 aromatic rings. The number of carbonyl (C=O) groups is 3. The molecule has 2 amide bonds. The number of ether oxygens (including phenoxy) is 3. The first-order valence-electron chi connectivity index (χ1n) is 13.7. The quantitative estimate of drug-likeness (QED) is 0.424. The number of amides is 2. The van der Waals surface area contributed by atoms with Crippen LogP contribution in [0.5, 0.6) is 11.5 Å². The van der Waals surface area contributed by atoms with Crippen LogP contribution in [-0.2, 0) is 25.7 Å². The average molecular weight is 591 g/mol. The van der Waals surface area contributed by atoms with Gasteiger partial charge in [0.2, 0.25) is 11.8 Å². The van der Waals surface area contributed by atoms with Crippen molar-refractivity contribution < 1.29 is 28.6 Å². The maximum absolute atomic E-state index is 13.8. The van der Waals surface area contributed by atoms with E-state index in [1.54, 1.807) is 43.9 Å². The summed E-state index contributed by atoms with van der Waals surface area (Å²) in [5.74, 6) is 0.609. The number of fused-ring (bicyclic) bond motifs is 1. The second-order valence-corrected chi connectivity index (χ2v) is 11.0. The molecule has 2 aromatic carbocycles. The molecule has 0 bridgehead atoms. The van der Waals surface area contributed by atoms with Crippen molar-refractivity contribution in [2.24, 2.45) is 4.99 Å². The number of nitrogens with zero attached hydrogens (tertiary/aromatic N) is 4. The van der Waals surface area contributed by atoms with Crippen LogP contribution in [0.15, 0.2) is 75.9 Å². The molecule has 0 aliphatic carbocycles. The summed E-state index contributed by atoms with van der Waals surface area (Å²) in [5.41, 5.74) is 3.25. The Bertz CT molecular complexity index is 1440. The van der Waals surface area contributed by atoms with E-state index in [1.807, 2.05) is 52.8 Å². The molecule has 220 valence electrons. The molecule has 0 N–H and O–H groups in total. The van der Waals surface area contributed by atoms with Crippen molar-refractivity contribution in [3.63, 3.8) is 0 Å². The third-order valence-electron chi connectivity index (χ3n) is 7.53. The molecule has 11 heteroatoms. The van der Waals surface area contributed by atoms with Crippen LogP contribution in [0.4, 0.5) is 0 Å². The minimum atomic E-state index is -0.631. The van der Waals surface area contributed by atoms with Gasteiger partial charge in [-0.2, -0.15) is 0 Å². The smallest absolute Gasteiger partial charge is 0.338 e. The molecule has 0 saturated carbocycles. The maximum atomic E-state index is 13.8. The zero-order valence-electron chi connectivity index (χ0n) is 24.2. The van der Waals surface area contributed by atoms with Gasteiger partial charge in [-0.1, -0.05) is 42.1 Å². The Morgan fingerprint density at radius 1 is 0.952 bits per heavy atom. The van der Waals surface area contributed by atoms with Crippen molar-refractivity contribution in [2.75, 3.05) is 40.4 Å². The molecule has 5 rings (SSSR count). The second kappa shape index (κ2) is 12.7. The van der Waals surface area contributed by atoms with Crippen LogP contribution < -0.4 is 9.47 Å². The van der Waals surface area contributed by atoms with Gasteiger partial charge >= 0.3 is 5.97 Å². The van der Waals surface area contributed by atoms with Crippen molar-refractivity contribution >= 4 is 34.7 Å². The lowest BCUT2D eigenvalue weighted by Crippen LogP contribution is -2.50. The summed E-state index contributed by atoms with van der Waals surface area (Å²) in [5, 5.41) is 2.58. The first-order valence-corrected chi connectivity index (χ1v) is 14.6. The molecule has 3 heterocycles. The number of allylic oxidation sites excluding steroid dienone is 1. The SMILES string of the molecule is COc1cc(OC)cc([C@@H]2C(C(=O)OCc3ccccc3)=C(C)N=C3SC=C(CC(=O)N4CCN(C(C)=O)CC4)N32)c1. The number of hydrogen-bond acceptors (Lipinski definition) is 9. The molecule has 1 fully saturated rings. The van der Waals surface area contributed by atoms with Gasteiger partial charge < -0.3 is 28.9 Å². The number of carbonyl (C=O) groups excluding carboxylic acids is 3. The summed E-state index contributed by atoms with van der Waals surface area (Å²) in [4.78, 5) is 49.2. The molecule has 42 heavy (non-hydrogen) atoms. The fourth-order valence-corrected chi connectivity index (χ4v) is 6.24. The number of methoxy groups -OCH3 is 2. The van der Waals surface area contributed by atoms with E-state index in [-0.39, 0.29) is 24.8 Å². The summed E-state index contributed by atoms with van der Waals surface area (Å²) < 4.78 is 16.9. The zero-order chi connectivity index (χ0) is 29.8. The topological polar surface area (TPSA) is 101 Å². The fourth-order valence-electron chi connectivity index (χ4n) is 5.27. The van der Waals surface area contributed by atoms with Gasteiger partial charge in [-0.05, 0) is 35.6 Å². The van der Waals surface area contributed by atoms with E-state index in [0.717, 1.165) is 16.8 Å². The third kappa shape index (κ3) is 6.15. The van der Waals surface area contributed by atoms with Crippen LogP contribution in [-0.4, -0.2) is 78.0 Å². The van der Waals surface area contributed by atoms with E-state index < -0.39 is 12.0 Å². The number of thioether (sulfide) groups is 1. The number of benzene rings is 2. The number of esters is 1. The standard InChI is InChI=1S/C31H34N4O6S/c1-20-28(30(38)41-18-22-8-6-5-7-9-22)29(23-14-25(39-3)17-26(15-23)40-4)35-24(19-42-31(35)32-20)16-27(37)34-12-10-33(11-13-34)21(2)36/h5-9,14-15,17,19,29H,10-13,16,18H2,1-4H3/t29-/m1/s1. The molecular formula is C31H34N4O6S. The predicted molar refractivity (Wildman–Crippen MR) is 160 cm³/mol. The molecule has 0 radical (unpaired) electrons. The third-order valence-corrected chi connectivity index (χ3v) is 8.42. The molecular weight excluding hydrogens is 556 g/mol. The largest absolute Gasteiger partial charge is 0.497 e. The van der Waals surface area contributed by atoms with Gasteiger partial charge in [-0.25, -0.2) is 9.79 Å². The Balaban J connectivity index is 1.46. The highest BCUT2D eigenvalue weighted by Gasteiger charge is 2.42. The van der Waals surface area contributed by atoms with Gasteiger partial charge in [0.05, 0.1) is 38.0 Å². The first-order chi connectivity index (χ1) is 20.3. The van der Waals surface area contributed by atoms with Crippen LogP contribution >= 0.6 is 11.8 Å². The van der Waals surface area contributed by atoms with Crippen molar-refractivity contribution in [1.82, 2.24) is 14.7 Å². The van der Waals surface area contributed by atoms with Crippen LogP contribution in [0.25, 0.3) is 0 Å². The molecule has 1 saturated heterocycles. The average Bonchev–Trinajstić information content (AvgIpc) is 3.40. The van der Waals surface area contributed by atoms with Crippen LogP contribution in [0.1, 0.15) is 37.4 Å². The Morgan fingerprint density at radius 2 is 1.60 bits per heavy atom. The minimum absolute atomic E-state index is 0.0107. The Labute approximate surface area is 249 Å². The highest BCUT2D eigenvalue weighted by molar-refractivity contribution is 8.16. The Morgan fingerprint density at radius 3 is 2.21 bits per heavy atom. The fraction of sp³-hybridized carbons (Fsp3) is 0.355. The maximum Gasteiger partial charge on any atom is 0.338 e. The molecule has 1 atom stereocenters. The number of aliphatic imine (C=N–C) groups is 1. The minimum Gasteiger partial charge on any atom is -0.497 e. The van der Waals surface area contributed by atoms with Gasteiger partial charge in [-0.3, -0.25) is 9.59 Å². The monoisotopic (exact) mass is 590 g/mol. The van der Waals surface area contributed by atoms with Crippen molar-refractivity contribution in [3.05, 3.63) is 82.0 Å². The number of hydrogen-bond donors (Lipinski definition) is 0. The van der Waals surface area contributed by atoms with E-state index in [4.69, 9.17) is 19.2 Å². The lowest BCUT2D eigenvalue weighted by Gasteiger charge is -2.38. The molecule has 3 aliphatic heterocycles. The van der Waals surface area contributed by atoms with Crippen molar-refractivity contribution in [3.8, 4) is 11.5 Å². The van der Waals surface area contributed by atoms with Crippen molar-refractivity contribution in [2.45, 2.75) is 32.9 Å². The normalized spacial score (nSPS) is 18.3. The molecule has 3 aliphatic rings. The second-order valence-electron chi connectivity index (χ2n) is 10.2. The highest BCUT2D eigenvalue weighted by atomic mass is 32.2. The lowest BCUT2D eigenvalue weighted by atomic mass is 9.93. The molecule has 10 nitrogen and oxygen atoms in total. The van der Waals surface area contributed by atoms with Crippen LogP contribution in [0.3, 0.4) is 0 Å². The van der Waals surface area contributed by atoms with Gasteiger partial charge in [0.25, 0.3) is 0 Å². The van der Waals surface area contributed by atoms with Gasteiger partial charge in [0.15, 0.2) is 5.17 Å². The summed E-state index contributed by atoms with van der Waals surface area (Å²) in [6.07, 6.45) is 0.120. The van der Waals surface area contributed by atoms with E-state index in [0.29, 0.717) is 54.1 Å². The van der Waals surface area contributed by atoms with Gasteiger partial charge in [-0.15, -0.1) is 0 Å². The van der Waals surface area contributed by atoms with Crippen LogP contribution in [0, 0.1) is 0 Å². The highest BCUT2D eigenvalue weighted by Crippen LogP contribution is 2.46. The van der Waals surface area contributed by atoms with Gasteiger partial charge in [0, 0.05) is 44.9 Å². The molecule has 0 aromatic heterocycles.